The molecule has 3 aromatic rings. The number of nitrogens with one attached hydrogen (secondary N) is 2. The molecule has 3 aliphatic carbocycles. The van der Waals surface area contributed by atoms with Gasteiger partial charge in [0.2, 0.25) is 5.95 Å². The summed E-state index contributed by atoms with van der Waals surface area (Å²) >= 11 is 0. The van der Waals surface area contributed by atoms with Crippen molar-refractivity contribution in [3.63, 3.8) is 0 Å². The third-order valence-corrected chi connectivity index (χ3v) is 15.3. The number of amides is 1. The fraction of sp³-hybridized carbons (Fsp3) is 0.729. The van der Waals surface area contributed by atoms with Gasteiger partial charge in [0.1, 0.15) is 17.2 Å². The van der Waals surface area contributed by atoms with Gasteiger partial charge in [-0.2, -0.15) is 9.49 Å². The second-order valence-electron chi connectivity index (χ2n) is 20.3. The average Bonchev–Trinajstić information content (AvgIpc) is 4.07. The highest BCUT2D eigenvalue weighted by Crippen LogP contribution is 2.44. The van der Waals surface area contributed by atoms with Gasteiger partial charge in [-0.1, -0.05) is 74.1 Å². The van der Waals surface area contributed by atoms with E-state index in [1.165, 1.54) is 57.1 Å². The quantitative estimate of drug-likeness (QED) is 0.194. The van der Waals surface area contributed by atoms with Crippen molar-refractivity contribution in [1.29, 1.82) is 0 Å². The first-order valence-corrected chi connectivity index (χ1v) is 23.6. The topological polar surface area (TPSA) is 109 Å². The SMILES string of the molecule is CCC(C)(C)C1CC[C@@H](N2CCN(c3ccc(C(=O)NC4CCCCC4)nc3F)CC2)C1.CCc1nc(-c2ccc(N3CCN([C@@H]4CCC(C(C)(C)C)C4)CC3)cn2)n[nH]1. The molecule has 2 aliphatic heterocycles. The number of hydrogen-bond donors (Lipinski definition) is 2. The van der Waals surface area contributed by atoms with Crippen molar-refractivity contribution in [1.82, 2.24) is 40.3 Å². The summed E-state index contributed by atoms with van der Waals surface area (Å²) < 4.78 is 14.8. The van der Waals surface area contributed by atoms with Crippen LogP contribution in [-0.2, 0) is 6.42 Å². The number of pyridine rings is 2. The molecule has 2 N–H and O–H groups in total. The molecule has 5 heterocycles. The molecule has 5 fully saturated rings. The molecule has 3 aromatic heterocycles. The first-order chi connectivity index (χ1) is 28.8. The van der Waals surface area contributed by atoms with Crippen LogP contribution >= 0.6 is 0 Å². The van der Waals surface area contributed by atoms with Crippen LogP contribution in [0.5, 0.6) is 0 Å². The maximum absolute atomic E-state index is 14.8. The minimum absolute atomic E-state index is 0.186. The monoisotopic (exact) mass is 827 g/mol. The second kappa shape index (κ2) is 19.6. The van der Waals surface area contributed by atoms with E-state index in [4.69, 9.17) is 0 Å². The zero-order valence-corrected chi connectivity index (χ0v) is 38.0. The summed E-state index contributed by atoms with van der Waals surface area (Å²) in [4.78, 5) is 35.5. The zero-order chi connectivity index (χ0) is 42.4. The van der Waals surface area contributed by atoms with Crippen molar-refractivity contribution in [2.45, 2.75) is 150 Å². The summed E-state index contributed by atoms with van der Waals surface area (Å²) in [5, 5.41) is 10.2. The minimum Gasteiger partial charge on any atom is -0.368 e. The number of carbonyl (C=O) groups excluding carboxylic acids is 1. The van der Waals surface area contributed by atoms with Crippen LogP contribution in [0.25, 0.3) is 11.5 Å². The number of H-pyrrole nitrogens is 1. The van der Waals surface area contributed by atoms with Gasteiger partial charge < -0.3 is 15.1 Å². The Bertz CT molecular complexity index is 1820. The fourth-order valence-corrected chi connectivity index (χ4v) is 10.6. The van der Waals surface area contributed by atoms with Crippen LogP contribution in [0, 0.1) is 28.6 Å². The van der Waals surface area contributed by atoms with Crippen LogP contribution in [-0.4, -0.2) is 111 Å². The molecule has 0 bridgehead atoms. The van der Waals surface area contributed by atoms with E-state index in [-0.39, 0.29) is 17.6 Å². The van der Waals surface area contributed by atoms with Gasteiger partial charge in [-0.05, 0) is 98.3 Å². The van der Waals surface area contributed by atoms with Crippen molar-refractivity contribution < 1.29 is 9.18 Å². The van der Waals surface area contributed by atoms with Gasteiger partial charge in [0.15, 0.2) is 5.82 Å². The number of piperazine rings is 2. The average molecular weight is 827 g/mol. The van der Waals surface area contributed by atoms with Gasteiger partial charge >= 0.3 is 0 Å². The van der Waals surface area contributed by atoms with E-state index >= 15 is 0 Å². The molecule has 60 heavy (non-hydrogen) atoms. The summed E-state index contributed by atoms with van der Waals surface area (Å²) in [6.07, 6.45) is 17.6. The third-order valence-electron chi connectivity index (χ3n) is 15.3. The molecule has 4 atom stereocenters. The van der Waals surface area contributed by atoms with Crippen molar-refractivity contribution in [3.8, 4) is 11.5 Å². The Kier molecular flexibility index (Phi) is 14.5. The molecule has 330 valence electrons. The largest absolute Gasteiger partial charge is 0.368 e. The van der Waals surface area contributed by atoms with Gasteiger partial charge in [0, 0.05) is 76.9 Å². The lowest BCUT2D eigenvalue weighted by Gasteiger charge is -2.39. The first-order valence-electron chi connectivity index (χ1n) is 23.6. The van der Waals surface area contributed by atoms with E-state index in [0.29, 0.717) is 28.4 Å². The third kappa shape index (κ3) is 10.9. The summed E-state index contributed by atoms with van der Waals surface area (Å²) in [5.41, 5.74) is 3.62. The molecule has 3 saturated carbocycles. The van der Waals surface area contributed by atoms with Gasteiger partial charge in [-0.25, -0.2) is 9.97 Å². The van der Waals surface area contributed by atoms with Crippen molar-refractivity contribution in [3.05, 3.63) is 47.9 Å². The summed E-state index contributed by atoms with van der Waals surface area (Å²) in [6, 6.07) is 9.26. The normalized spacial score (nSPS) is 25.0. The van der Waals surface area contributed by atoms with Crippen LogP contribution in [0.3, 0.4) is 0 Å². The summed E-state index contributed by atoms with van der Waals surface area (Å²) in [6.45, 7) is 24.4. The van der Waals surface area contributed by atoms with Crippen LogP contribution in [0.15, 0.2) is 30.5 Å². The predicted molar refractivity (Wildman–Crippen MR) is 241 cm³/mol. The molecule has 1 amide bonds. The number of aromatic nitrogens is 5. The summed E-state index contributed by atoms with van der Waals surface area (Å²) in [7, 11) is 0. The number of rotatable bonds is 10. The summed E-state index contributed by atoms with van der Waals surface area (Å²) in [5.74, 6) is 2.49. The number of halogens is 1. The Morgan fingerprint density at radius 3 is 1.95 bits per heavy atom. The highest BCUT2D eigenvalue weighted by molar-refractivity contribution is 5.92. The predicted octanol–water partition coefficient (Wildman–Crippen LogP) is 8.78. The van der Waals surface area contributed by atoms with Crippen molar-refractivity contribution in [2.75, 3.05) is 62.2 Å². The maximum Gasteiger partial charge on any atom is 0.270 e. The van der Waals surface area contributed by atoms with E-state index in [2.05, 4.69) is 105 Å². The van der Waals surface area contributed by atoms with Gasteiger partial charge in [0.25, 0.3) is 5.91 Å². The molecular formula is C48H75FN10O. The molecule has 2 saturated heterocycles. The Balaban J connectivity index is 0.000000183. The van der Waals surface area contributed by atoms with Gasteiger partial charge in [0.05, 0.1) is 17.6 Å². The maximum atomic E-state index is 14.8. The van der Waals surface area contributed by atoms with Crippen LogP contribution in [0.4, 0.5) is 15.8 Å². The van der Waals surface area contributed by atoms with Crippen LogP contribution in [0.1, 0.15) is 142 Å². The molecule has 5 aliphatic rings. The first kappa shape index (κ1) is 44.4. The van der Waals surface area contributed by atoms with Gasteiger partial charge in [-0.15, -0.1) is 0 Å². The van der Waals surface area contributed by atoms with E-state index in [0.717, 1.165) is 114 Å². The Morgan fingerprint density at radius 2 is 1.40 bits per heavy atom. The number of aryl methyl sites for hydroxylation is 1. The Labute approximate surface area is 360 Å². The molecule has 11 nitrogen and oxygen atoms in total. The molecule has 2 unspecified atom stereocenters. The zero-order valence-electron chi connectivity index (χ0n) is 38.0. The molecule has 8 rings (SSSR count). The van der Waals surface area contributed by atoms with E-state index in [9.17, 15) is 9.18 Å². The highest BCUT2D eigenvalue weighted by Gasteiger charge is 2.39. The van der Waals surface area contributed by atoms with Crippen molar-refractivity contribution >= 4 is 17.3 Å². The van der Waals surface area contributed by atoms with Crippen LogP contribution < -0.4 is 15.1 Å². The number of carbonyl (C=O) groups is 1. The Morgan fingerprint density at radius 1 is 0.767 bits per heavy atom. The second-order valence-corrected chi connectivity index (χ2v) is 20.3. The lowest BCUT2D eigenvalue weighted by molar-refractivity contribution is 0.0921. The number of nitrogens with zero attached hydrogens (tertiary/aromatic N) is 8. The molecule has 12 heteroatoms. The van der Waals surface area contributed by atoms with Crippen molar-refractivity contribution in [2.24, 2.45) is 22.7 Å². The van der Waals surface area contributed by atoms with Gasteiger partial charge in [-0.3, -0.25) is 24.7 Å². The molecule has 0 spiro atoms. The fourth-order valence-electron chi connectivity index (χ4n) is 10.6. The van der Waals surface area contributed by atoms with Crippen LogP contribution in [0.2, 0.25) is 0 Å². The minimum atomic E-state index is -0.527. The number of anilines is 2. The highest BCUT2D eigenvalue weighted by atomic mass is 19.1. The number of aromatic amines is 1. The number of hydrogen-bond acceptors (Lipinski definition) is 9. The lowest BCUT2D eigenvalue weighted by atomic mass is 9.76. The lowest BCUT2D eigenvalue weighted by Crippen LogP contribution is -2.50. The Hall–Kier alpha value is -3.64. The smallest absolute Gasteiger partial charge is 0.270 e. The van der Waals surface area contributed by atoms with E-state index in [1.54, 1.807) is 12.1 Å². The molecular weight excluding hydrogens is 752 g/mol. The van der Waals surface area contributed by atoms with E-state index < -0.39 is 5.95 Å². The van der Waals surface area contributed by atoms with E-state index in [1.807, 2.05) is 12.3 Å². The molecule has 0 aromatic carbocycles. The molecule has 0 radical (unpaired) electrons. The standard InChI is InChI=1S/C26H41FN4O.C22H34N6/c1-4-26(2,3)19-10-11-21(18-19)30-14-16-31(17-15-30)23-13-12-22(29-24(23)27)25(32)28-20-8-6-5-7-9-20;1-5-20-24-21(26-25-20)19-9-8-18(15-23-19)28-12-10-27(11-13-28)17-7-6-16(14-17)22(2,3)4/h12-13,19-21H,4-11,14-18H2,1-3H3,(H,28,32);8-9,15-17H,5-7,10-14H2,1-4H3,(H,24,25,26)/t19?,21-;16?,17-/m11/s1.